The Kier molecular flexibility index (Phi) is 5.81. The Hall–Kier alpha value is -0.650. The molecule has 2 aliphatic carbocycles. The van der Waals surface area contributed by atoms with Crippen LogP contribution in [0.5, 0.6) is 0 Å². The van der Waals surface area contributed by atoms with E-state index in [0.717, 1.165) is 32.1 Å². The number of hydrogen-bond acceptors (Lipinski definition) is 4. The molecule has 5 atom stereocenters. The molecule has 0 radical (unpaired) electrons. The lowest BCUT2D eigenvalue weighted by Gasteiger charge is -2.29. The van der Waals surface area contributed by atoms with Gasteiger partial charge in [0.2, 0.25) is 0 Å². The van der Waals surface area contributed by atoms with Gasteiger partial charge in [-0.05, 0) is 37.5 Å². The third-order valence-corrected chi connectivity index (χ3v) is 4.74. The van der Waals surface area contributed by atoms with Gasteiger partial charge in [-0.2, -0.15) is 0 Å². The summed E-state index contributed by atoms with van der Waals surface area (Å²) in [6.45, 7) is 3.53. The van der Waals surface area contributed by atoms with E-state index in [1.54, 1.807) is 0 Å². The number of nitrogens with one attached hydrogen (secondary N) is 1. The van der Waals surface area contributed by atoms with E-state index in [1.807, 2.05) is 0 Å². The van der Waals surface area contributed by atoms with Crippen LogP contribution in [0.3, 0.4) is 0 Å². The molecule has 0 saturated heterocycles. The van der Waals surface area contributed by atoms with Gasteiger partial charge in [0.1, 0.15) is 0 Å². The highest BCUT2D eigenvalue weighted by atomic mass is 16.5. The molecule has 2 rings (SSSR count). The van der Waals surface area contributed by atoms with Gasteiger partial charge < -0.3 is 20.3 Å². The summed E-state index contributed by atoms with van der Waals surface area (Å²) in [6, 6.07) is 0.0246. The number of hydrogen-bond donors (Lipinski definition) is 3. The zero-order valence-corrected chi connectivity index (χ0v) is 12.3. The van der Waals surface area contributed by atoms with Crippen molar-refractivity contribution in [2.75, 3.05) is 19.8 Å². The van der Waals surface area contributed by atoms with Crippen molar-refractivity contribution in [2.24, 2.45) is 17.8 Å². The Morgan fingerprint density at radius 2 is 2.15 bits per heavy atom. The van der Waals surface area contributed by atoms with Crippen LogP contribution in [0.15, 0.2) is 0 Å². The zero-order chi connectivity index (χ0) is 14.5. The molecule has 2 fully saturated rings. The molecular formula is C15H27NO4. The number of unbranched alkanes of at least 4 members (excludes halogenated alkanes) is 1. The number of aliphatic carboxylic acids is 1. The summed E-state index contributed by atoms with van der Waals surface area (Å²) in [5.41, 5.74) is 0. The van der Waals surface area contributed by atoms with Gasteiger partial charge in [-0.15, -0.1) is 0 Å². The number of fused-ring (bicyclic) bond motifs is 2. The molecule has 0 heterocycles. The molecule has 2 aliphatic rings. The van der Waals surface area contributed by atoms with Crippen LogP contribution in [-0.2, 0) is 9.53 Å². The summed E-state index contributed by atoms with van der Waals surface area (Å²) >= 11 is 0. The van der Waals surface area contributed by atoms with Gasteiger partial charge in [-0.25, -0.2) is 0 Å². The maximum Gasteiger partial charge on any atom is 0.308 e. The Balaban J connectivity index is 1.71. The lowest BCUT2D eigenvalue weighted by Crippen LogP contribution is -2.47. The molecule has 0 aromatic heterocycles. The summed E-state index contributed by atoms with van der Waals surface area (Å²) in [6.07, 6.45) is 4.73. The largest absolute Gasteiger partial charge is 0.481 e. The van der Waals surface area contributed by atoms with Crippen molar-refractivity contribution in [3.8, 4) is 0 Å². The predicted molar refractivity (Wildman–Crippen MR) is 75.5 cm³/mol. The molecule has 5 nitrogen and oxygen atoms in total. The van der Waals surface area contributed by atoms with Crippen LogP contribution in [0.1, 0.15) is 39.0 Å². The number of rotatable bonds is 9. The minimum atomic E-state index is -0.691. The van der Waals surface area contributed by atoms with Gasteiger partial charge in [-0.1, -0.05) is 13.3 Å². The summed E-state index contributed by atoms with van der Waals surface area (Å²) < 4.78 is 5.38. The summed E-state index contributed by atoms with van der Waals surface area (Å²) in [5.74, 6) is -0.174. The second-order valence-electron chi connectivity index (χ2n) is 6.21. The Morgan fingerprint density at radius 1 is 1.40 bits per heavy atom. The fraction of sp³-hybridized carbons (Fsp3) is 0.933. The van der Waals surface area contributed by atoms with E-state index in [4.69, 9.17) is 4.74 Å². The van der Waals surface area contributed by atoms with E-state index >= 15 is 0 Å². The molecule has 0 aromatic carbocycles. The first-order chi connectivity index (χ1) is 9.63. The fourth-order valence-electron chi connectivity index (χ4n) is 3.74. The summed E-state index contributed by atoms with van der Waals surface area (Å²) in [4.78, 5) is 11.4. The van der Waals surface area contributed by atoms with Gasteiger partial charge in [0.25, 0.3) is 0 Å². The SMILES string of the molecule is CCCCOCC(O)CNC1C2CCC(C2)C1C(=O)O. The summed E-state index contributed by atoms with van der Waals surface area (Å²) in [7, 11) is 0. The van der Waals surface area contributed by atoms with Crippen molar-refractivity contribution < 1.29 is 19.7 Å². The molecule has 5 heteroatoms. The molecule has 2 bridgehead atoms. The number of carboxylic acids is 1. The topological polar surface area (TPSA) is 78.8 Å². The number of aliphatic hydroxyl groups is 1. The van der Waals surface area contributed by atoms with Crippen LogP contribution in [-0.4, -0.2) is 48.1 Å². The lowest BCUT2D eigenvalue weighted by molar-refractivity contribution is -0.144. The molecule has 3 N–H and O–H groups in total. The van der Waals surface area contributed by atoms with Crippen molar-refractivity contribution in [1.82, 2.24) is 5.32 Å². The van der Waals surface area contributed by atoms with E-state index in [9.17, 15) is 15.0 Å². The van der Waals surface area contributed by atoms with E-state index < -0.39 is 12.1 Å². The molecular weight excluding hydrogens is 258 g/mol. The van der Waals surface area contributed by atoms with Crippen LogP contribution < -0.4 is 5.32 Å². The van der Waals surface area contributed by atoms with Gasteiger partial charge in [0.05, 0.1) is 18.6 Å². The number of carbonyl (C=O) groups is 1. The standard InChI is InChI=1S/C15H27NO4/c1-2-3-6-20-9-12(17)8-16-14-11-5-4-10(7-11)13(14)15(18)19/h10-14,16-17H,2-9H2,1H3,(H,18,19). The fourth-order valence-corrected chi connectivity index (χ4v) is 3.74. The van der Waals surface area contributed by atoms with Gasteiger partial charge in [0, 0.05) is 19.2 Å². The van der Waals surface area contributed by atoms with Crippen molar-refractivity contribution in [2.45, 2.75) is 51.2 Å². The highest BCUT2D eigenvalue weighted by Crippen LogP contribution is 2.48. The first-order valence-corrected chi connectivity index (χ1v) is 7.85. The minimum absolute atomic E-state index is 0.0246. The van der Waals surface area contributed by atoms with E-state index in [2.05, 4.69) is 12.2 Å². The Bertz CT molecular complexity index is 323. The molecule has 0 amide bonds. The van der Waals surface area contributed by atoms with Crippen LogP contribution >= 0.6 is 0 Å². The van der Waals surface area contributed by atoms with Gasteiger partial charge in [-0.3, -0.25) is 4.79 Å². The van der Waals surface area contributed by atoms with E-state index in [0.29, 0.717) is 31.6 Å². The molecule has 0 aliphatic heterocycles. The highest BCUT2D eigenvalue weighted by Gasteiger charge is 2.50. The van der Waals surface area contributed by atoms with Crippen LogP contribution in [0, 0.1) is 17.8 Å². The van der Waals surface area contributed by atoms with Gasteiger partial charge in [0.15, 0.2) is 0 Å². The maximum atomic E-state index is 11.4. The van der Waals surface area contributed by atoms with Crippen LogP contribution in [0.2, 0.25) is 0 Å². The third kappa shape index (κ3) is 3.71. The normalized spacial score (nSPS) is 33.5. The Morgan fingerprint density at radius 3 is 2.85 bits per heavy atom. The highest BCUT2D eigenvalue weighted by molar-refractivity contribution is 5.72. The molecule has 0 spiro atoms. The number of aliphatic hydroxyl groups excluding tert-OH is 1. The minimum Gasteiger partial charge on any atom is -0.481 e. The first kappa shape index (κ1) is 15.7. The second-order valence-corrected chi connectivity index (χ2v) is 6.21. The average molecular weight is 285 g/mol. The smallest absolute Gasteiger partial charge is 0.308 e. The molecule has 116 valence electrons. The molecule has 0 aromatic rings. The van der Waals surface area contributed by atoms with Crippen LogP contribution in [0.25, 0.3) is 0 Å². The van der Waals surface area contributed by atoms with Crippen molar-refractivity contribution in [1.29, 1.82) is 0 Å². The van der Waals surface area contributed by atoms with Crippen molar-refractivity contribution >= 4 is 5.97 Å². The van der Waals surface area contributed by atoms with E-state index in [1.165, 1.54) is 0 Å². The number of carboxylic acid groups (broad SMARTS) is 1. The summed E-state index contributed by atoms with van der Waals surface area (Å²) in [5, 5.41) is 22.5. The van der Waals surface area contributed by atoms with Crippen molar-refractivity contribution in [3.63, 3.8) is 0 Å². The first-order valence-electron chi connectivity index (χ1n) is 7.85. The van der Waals surface area contributed by atoms with Crippen LogP contribution in [0.4, 0.5) is 0 Å². The molecule has 5 unspecified atom stereocenters. The second kappa shape index (κ2) is 7.38. The molecule has 2 saturated carbocycles. The van der Waals surface area contributed by atoms with Gasteiger partial charge >= 0.3 is 5.97 Å². The average Bonchev–Trinajstić information content (AvgIpc) is 3.01. The predicted octanol–water partition coefficient (Wildman–Crippen LogP) is 1.25. The third-order valence-electron chi connectivity index (χ3n) is 4.74. The van der Waals surface area contributed by atoms with Crippen molar-refractivity contribution in [3.05, 3.63) is 0 Å². The van der Waals surface area contributed by atoms with E-state index in [-0.39, 0.29) is 12.0 Å². The quantitative estimate of drug-likeness (QED) is 0.556. The zero-order valence-electron chi connectivity index (χ0n) is 12.3. The monoisotopic (exact) mass is 285 g/mol. The Labute approximate surface area is 120 Å². The number of ether oxygens (including phenoxy) is 1. The molecule has 20 heavy (non-hydrogen) atoms. The lowest BCUT2D eigenvalue weighted by atomic mass is 9.84. The maximum absolute atomic E-state index is 11.4.